The minimum Gasteiger partial charge on any atom is -0.348 e. The summed E-state index contributed by atoms with van der Waals surface area (Å²) < 4.78 is 0. The van der Waals surface area contributed by atoms with Gasteiger partial charge in [0.1, 0.15) is 0 Å². The maximum atomic E-state index is 12.4. The maximum absolute atomic E-state index is 12.4. The van der Waals surface area contributed by atoms with Crippen molar-refractivity contribution in [1.82, 2.24) is 25.5 Å². The molecule has 0 fully saturated rings. The smallest absolute Gasteiger partial charge is 0.251 e. The quantitative estimate of drug-likeness (QED) is 0.677. The average molecular weight is 311 g/mol. The highest BCUT2D eigenvalue weighted by molar-refractivity contribution is 5.98. The number of fused-ring (bicyclic) bond motifs is 1. The SMILES string of the molecule is Cc1[nH]cnc1CNC(=O)c1ccc2n[nH]c(CC(C)C)c2c1. The van der Waals surface area contributed by atoms with Gasteiger partial charge in [-0.15, -0.1) is 0 Å². The van der Waals surface area contributed by atoms with Gasteiger partial charge in [-0.3, -0.25) is 9.89 Å². The van der Waals surface area contributed by atoms with Crippen LogP contribution < -0.4 is 5.32 Å². The van der Waals surface area contributed by atoms with Gasteiger partial charge in [-0.2, -0.15) is 5.10 Å². The summed E-state index contributed by atoms with van der Waals surface area (Å²) >= 11 is 0. The molecule has 0 aliphatic heterocycles. The van der Waals surface area contributed by atoms with Crippen molar-refractivity contribution in [3.8, 4) is 0 Å². The molecule has 6 nitrogen and oxygen atoms in total. The van der Waals surface area contributed by atoms with Crippen molar-refractivity contribution in [3.63, 3.8) is 0 Å². The Kier molecular flexibility index (Phi) is 4.14. The fourth-order valence-electron chi connectivity index (χ4n) is 2.60. The highest BCUT2D eigenvalue weighted by atomic mass is 16.1. The van der Waals surface area contributed by atoms with E-state index in [1.165, 1.54) is 0 Å². The van der Waals surface area contributed by atoms with Crippen LogP contribution >= 0.6 is 0 Å². The fourth-order valence-corrected chi connectivity index (χ4v) is 2.60. The van der Waals surface area contributed by atoms with Crippen LogP contribution in [0.4, 0.5) is 0 Å². The Hall–Kier alpha value is -2.63. The molecule has 2 aromatic heterocycles. The predicted octanol–water partition coefficient (Wildman–Crippen LogP) is 2.72. The predicted molar refractivity (Wildman–Crippen MR) is 89.1 cm³/mol. The zero-order valence-corrected chi connectivity index (χ0v) is 13.6. The topological polar surface area (TPSA) is 86.5 Å². The van der Waals surface area contributed by atoms with Gasteiger partial charge >= 0.3 is 0 Å². The lowest BCUT2D eigenvalue weighted by Crippen LogP contribution is -2.23. The van der Waals surface area contributed by atoms with Gasteiger partial charge in [0.25, 0.3) is 5.91 Å². The third-order valence-electron chi connectivity index (χ3n) is 3.86. The van der Waals surface area contributed by atoms with Crippen molar-refractivity contribution in [2.24, 2.45) is 5.92 Å². The van der Waals surface area contributed by atoms with Crippen LogP contribution in [0.2, 0.25) is 0 Å². The zero-order valence-electron chi connectivity index (χ0n) is 13.6. The van der Waals surface area contributed by atoms with Crippen molar-refractivity contribution >= 4 is 16.8 Å². The second-order valence-corrected chi connectivity index (χ2v) is 6.19. The third-order valence-corrected chi connectivity index (χ3v) is 3.86. The highest BCUT2D eigenvalue weighted by Gasteiger charge is 2.12. The molecular formula is C17H21N5O. The van der Waals surface area contributed by atoms with E-state index in [2.05, 4.69) is 39.3 Å². The van der Waals surface area contributed by atoms with Gasteiger partial charge in [0.15, 0.2) is 0 Å². The van der Waals surface area contributed by atoms with Crippen LogP contribution in [0.3, 0.4) is 0 Å². The molecule has 2 heterocycles. The lowest BCUT2D eigenvalue weighted by molar-refractivity contribution is 0.0950. The number of hydrogen-bond donors (Lipinski definition) is 3. The summed E-state index contributed by atoms with van der Waals surface area (Å²) in [5, 5.41) is 11.3. The van der Waals surface area contributed by atoms with E-state index < -0.39 is 0 Å². The first-order chi connectivity index (χ1) is 11.0. The van der Waals surface area contributed by atoms with E-state index in [1.807, 2.05) is 19.1 Å². The Morgan fingerprint density at radius 1 is 1.35 bits per heavy atom. The molecule has 0 bridgehead atoms. The number of aromatic amines is 2. The fraction of sp³-hybridized carbons (Fsp3) is 0.353. The third kappa shape index (κ3) is 3.26. The summed E-state index contributed by atoms with van der Waals surface area (Å²) in [5.74, 6) is 0.421. The van der Waals surface area contributed by atoms with E-state index in [0.717, 1.165) is 34.4 Å². The molecule has 6 heteroatoms. The number of carbonyl (C=O) groups excluding carboxylic acids is 1. The molecule has 0 spiro atoms. The van der Waals surface area contributed by atoms with Gasteiger partial charge in [0.2, 0.25) is 0 Å². The van der Waals surface area contributed by atoms with Gasteiger partial charge in [0, 0.05) is 22.3 Å². The number of nitrogens with zero attached hydrogens (tertiary/aromatic N) is 2. The molecule has 0 saturated heterocycles. The molecule has 3 N–H and O–H groups in total. The second-order valence-electron chi connectivity index (χ2n) is 6.19. The van der Waals surface area contributed by atoms with E-state index in [0.29, 0.717) is 18.0 Å². The Morgan fingerprint density at radius 3 is 2.87 bits per heavy atom. The van der Waals surface area contributed by atoms with Crippen molar-refractivity contribution in [2.75, 3.05) is 0 Å². The molecule has 1 aromatic carbocycles. The maximum Gasteiger partial charge on any atom is 0.251 e. The second kappa shape index (κ2) is 6.24. The van der Waals surface area contributed by atoms with Crippen LogP contribution in [0.1, 0.15) is 41.3 Å². The molecule has 0 atom stereocenters. The number of nitrogens with one attached hydrogen (secondary N) is 3. The largest absolute Gasteiger partial charge is 0.348 e. The Morgan fingerprint density at radius 2 is 2.17 bits per heavy atom. The number of H-pyrrole nitrogens is 2. The average Bonchev–Trinajstić information content (AvgIpc) is 3.10. The monoisotopic (exact) mass is 311 g/mol. The first-order valence-electron chi connectivity index (χ1n) is 7.78. The number of hydrogen-bond acceptors (Lipinski definition) is 3. The van der Waals surface area contributed by atoms with Crippen LogP contribution in [-0.2, 0) is 13.0 Å². The molecule has 0 unspecified atom stereocenters. The normalized spacial score (nSPS) is 11.3. The number of rotatable bonds is 5. The van der Waals surface area contributed by atoms with E-state index in [1.54, 1.807) is 12.4 Å². The van der Waals surface area contributed by atoms with Gasteiger partial charge in [-0.1, -0.05) is 13.8 Å². The minimum atomic E-state index is -0.106. The van der Waals surface area contributed by atoms with Crippen molar-refractivity contribution in [3.05, 3.63) is 47.2 Å². The molecule has 0 saturated carbocycles. The molecule has 3 aromatic rings. The van der Waals surface area contributed by atoms with Gasteiger partial charge < -0.3 is 10.3 Å². The molecular weight excluding hydrogens is 290 g/mol. The van der Waals surface area contributed by atoms with Crippen LogP contribution in [0.15, 0.2) is 24.5 Å². The number of benzene rings is 1. The Labute approximate surface area is 134 Å². The summed E-state index contributed by atoms with van der Waals surface area (Å²) in [6.07, 6.45) is 2.54. The minimum absolute atomic E-state index is 0.106. The Balaban J connectivity index is 1.79. The summed E-state index contributed by atoms with van der Waals surface area (Å²) in [6, 6.07) is 5.59. The van der Waals surface area contributed by atoms with Crippen LogP contribution in [0.5, 0.6) is 0 Å². The van der Waals surface area contributed by atoms with Crippen LogP contribution in [0.25, 0.3) is 10.9 Å². The van der Waals surface area contributed by atoms with E-state index in [-0.39, 0.29) is 5.91 Å². The standard InChI is InChI=1S/C17H21N5O/c1-10(2)6-15-13-7-12(4-5-14(13)21-22-15)17(23)18-8-16-11(3)19-9-20-16/h4-5,7,9-10H,6,8H2,1-3H3,(H,18,23)(H,19,20)(H,21,22). The molecule has 0 aliphatic carbocycles. The summed E-state index contributed by atoms with van der Waals surface area (Å²) in [4.78, 5) is 19.6. The van der Waals surface area contributed by atoms with Crippen LogP contribution in [0, 0.1) is 12.8 Å². The number of amides is 1. The molecule has 23 heavy (non-hydrogen) atoms. The van der Waals surface area contributed by atoms with E-state index in [4.69, 9.17) is 0 Å². The summed E-state index contributed by atoms with van der Waals surface area (Å²) in [5.41, 5.74) is 4.42. The molecule has 120 valence electrons. The Bertz CT molecular complexity index is 830. The highest BCUT2D eigenvalue weighted by Crippen LogP contribution is 2.20. The van der Waals surface area contributed by atoms with Gasteiger partial charge in [-0.05, 0) is 37.5 Å². The molecule has 1 amide bonds. The first-order valence-corrected chi connectivity index (χ1v) is 7.78. The number of aryl methyl sites for hydroxylation is 1. The lowest BCUT2D eigenvalue weighted by Gasteiger charge is -2.06. The molecule has 0 radical (unpaired) electrons. The number of imidazole rings is 1. The van der Waals surface area contributed by atoms with E-state index >= 15 is 0 Å². The number of carbonyl (C=O) groups is 1. The molecule has 3 rings (SSSR count). The van der Waals surface area contributed by atoms with E-state index in [9.17, 15) is 4.79 Å². The van der Waals surface area contributed by atoms with Crippen LogP contribution in [-0.4, -0.2) is 26.1 Å². The zero-order chi connectivity index (χ0) is 16.4. The van der Waals surface area contributed by atoms with Crippen molar-refractivity contribution < 1.29 is 4.79 Å². The van der Waals surface area contributed by atoms with Crippen molar-refractivity contribution in [1.29, 1.82) is 0 Å². The lowest BCUT2D eigenvalue weighted by atomic mass is 10.0. The summed E-state index contributed by atoms with van der Waals surface area (Å²) in [6.45, 7) is 6.67. The first kappa shape index (κ1) is 15.3. The van der Waals surface area contributed by atoms with Gasteiger partial charge in [-0.25, -0.2) is 4.98 Å². The summed E-state index contributed by atoms with van der Waals surface area (Å²) in [7, 11) is 0. The van der Waals surface area contributed by atoms with Crippen molar-refractivity contribution in [2.45, 2.75) is 33.7 Å². The number of aromatic nitrogens is 4. The van der Waals surface area contributed by atoms with Gasteiger partial charge in [0.05, 0.1) is 24.1 Å². The molecule has 0 aliphatic rings.